The van der Waals surface area contributed by atoms with E-state index in [0.717, 1.165) is 24.1 Å². The second kappa shape index (κ2) is 8.07. The van der Waals surface area contributed by atoms with Gasteiger partial charge in [-0.3, -0.25) is 14.9 Å². The zero-order valence-corrected chi connectivity index (χ0v) is 16.7. The largest absolute Gasteiger partial charge is 0.465 e. The number of nitrogens with zero attached hydrogens (tertiary/aromatic N) is 2. The predicted octanol–water partition coefficient (Wildman–Crippen LogP) is 2.76. The highest BCUT2D eigenvalue weighted by Crippen LogP contribution is 2.32. The van der Waals surface area contributed by atoms with Crippen LogP contribution < -0.4 is 5.32 Å². The molecule has 1 amide bonds. The number of hydrogen-bond donors (Lipinski definition) is 1. The minimum absolute atomic E-state index is 0.225. The SMILES string of the molecule is CCOC(=O)[C@H]1C(=O)NC(N2CCc3ccccc3C2)=N[C@H]1c1ccc(C)cc1. The molecule has 1 N–H and O–H groups in total. The van der Waals surface area contributed by atoms with Crippen LogP contribution in [0.2, 0.25) is 0 Å². The molecule has 2 aliphatic rings. The first-order valence-electron chi connectivity index (χ1n) is 10.0. The van der Waals surface area contributed by atoms with Crippen molar-refractivity contribution >= 4 is 17.8 Å². The molecule has 4 rings (SSSR count). The Labute approximate surface area is 170 Å². The highest BCUT2D eigenvalue weighted by molar-refractivity contribution is 6.08. The second-order valence-electron chi connectivity index (χ2n) is 7.47. The van der Waals surface area contributed by atoms with Crippen LogP contribution in [-0.2, 0) is 27.3 Å². The van der Waals surface area contributed by atoms with E-state index in [2.05, 4.69) is 22.3 Å². The molecule has 2 aromatic carbocycles. The van der Waals surface area contributed by atoms with Crippen LogP contribution in [0.15, 0.2) is 53.5 Å². The third-order valence-corrected chi connectivity index (χ3v) is 5.48. The Morgan fingerprint density at radius 1 is 1.17 bits per heavy atom. The van der Waals surface area contributed by atoms with Crippen LogP contribution in [0, 0.1) is 12.8 Å². The van der Waals surface area contributed by atoms with Crippen LogP contribution in [-0.4, -0.2) is 35.9 Å². The van der Waals surface area contributed by atoms with E-state index in [-0.39, 0.29) is 12.5 Å². The van der Waals surface area contributed by atoms with E-state index in [9.17, 15) is 9.59 Å². The lowest BCUT2D eigenvalue weighted by atomic mass is 9.91. The maximum Gasteiger partial charge on any atom is 0.321 e. The first-order chi connectivity index (χ1) is 14.1. The quantitative estimate of drug-likeness (QED) is 0.645. The zero-order valence-electron chi connectivity index (χ0n) is 16.7. The molecule has 6 nitrogen and oxygen atoms in total. The average Bonchev–Trinajstić information content (AvgIpc) is 2.73. The lowest BCUT2D eigenvalue weighted by Crippen LogP contribution is -2.53. The summed E-state index contributed by atoms with van der Waals surface area (Å²) < 4.78 is 5.17. The molecule has 0 unspecified atom stereocenters. The maximum absolute atomic E-state index is 12.9. The number of amides is 1. The molecule has 0 bridgehead atoms. The fraction of sp³-hybridized carbons (Fsp3) is 0.348. The topological polar surface area (TPSA) is 71.0 Å². The molecule has 2 heterocycles. The summed E-state index contributed by atoms with van der Waals surface area (Å²) in [5.41, 5.74) is 4.50. The van der Waals surface area contributed by atoms with Crippen molar-refractivity contribution in [3.63, 3.8) is 0 Å². The summed E-state index contributed by atoms with van der Waals surface area (Å²) >= 11 is 0. The van der Waals surface area contributed by atoms with E-state index in [0.29, 0.717) is 12.5 Å². The molecule has 150 valence electrons. The molecule has 0 aliphatic carbocycles. The van der Waals surface area contributed by atoms with Gasteiger partial charge in [-0.25, -0.2) is 4.99 Å². The van der Waals surface area contributed by atoms with E-state index in [1.54, 1.807) is 6.92 Å². The average molecular weight is 391 g/mol. The van der Waals surface area contributed by atoms with E-state index >= 15 is 0 Å². The summed E-state index contributed by atoms with van der Waals surface area (Å²) in [4.78, 5) is 32.4. The van der Waals surface area contributed by atoms with Crippen LogP contribution >= 0.6 is 0 Å². The molecular formula is C23H25N3O3. The molecule has 0 fully saturated rings. The van der Waals surface area contributed by atoms with Gasteiger partial charge in [-0.15, -0.1) is 0 Å². The van der Waals surface area contributed by atoms with Gasteiger partial charge in [0.25, 0.3) is 0 Å². The van der Waals surface area contributed by atoms with Crippen molar-refractivity contribution in [2.45, 2.75) is 32.9 Å². The number of benzene rings is 2. The van der Waals surface area contributed by atoms with Crippen molar-refractivity contribution in [1.82, 2.24) is 10.2 Å². The van der Waals surface area contributed by atoms with E-state index in [4.69, 9.17) is 9.73 Å². The van der Waals surface area contributed by atoms with Crippen molar-refractivity contribution in [3.05, 3.63) is 70.8 Å². The monoisotopic (exact) mass is 391 g/mol. The number of hydrogen-bond acceptors (Lipinski definition) is 5. The van der Waals surface area contributed by atoms with Gasteiger partial charge in [-0.1, -0.05) is 54.1 Å². The molecule has 2 atom stereocenters. The summed E-state index contributed by atoms with van der Waals surface area (Å²) in [5.74, 6) is -1.37. The van der Waals surface area contributed by atoms with Gasteiger partial charge in [0.1, 0.15) is 6.04 Å². The highest BCUT2D eigenvalue weighted by Gasteiger charge is 2.42. The number of rotatable bonds is 3. The molecule has 2 aromatic rings. The number of esters is 1. The maximum atomic E-state index is 12.9. The van der Waals surface area contributed by atoms with Gasteiger partial charge in [-0.2, -0.15) is 0 Å². The van der Waals surface area contributed by atoms with E-state index in [1.807, 2.05) is 43.3 Å². The first kappa shape index (κ1) is 19.2. The summed E-state index contributed by atoms with van der Waals surface area (Å²) in [6.45, 7) is 5.41. The van der Waals surface area contributed by atoms with Gasteiger partial charge in [0.15, 0.2) is 5.92 Å². The molecule has 0 saturated carbocycles. The van der Waals surface area contributed by atoms with Crippen LogP contribution in [0.5, 0.6) is 0 Å². The minimum atomic E-state index is -0.988. The number of aryl methyl sites for hydroxylation is 1. The molecule has 0 radical (unpaired) electrons. The predicted molar refractivity (Wildman–Crippen MR) is 110 cm³/mol. The Hall–Kier alpha value is -3.15. The van der Waals surface area contributed by atoms with Crippen molar-refractivity contribution in [2.24, 2.45) is 10.9 Å². The third-order valence-electron chi connectivity index (χ3n) is 5.48. The number of fused-ring (bicyclic) bond motifs is 1. The van der Waals surface area contributed by atoms with Gasteiger partial charge in [0.05, 0.1) is 6.61 Å². The number of aliphatic imine (C=N–C) groups is 1. The zero-order chi connectivity index (χ0) is 20.4. The number of ether oxygens (including phenoxy) is 1. The lowest BCUT2D eigenvalue weighted by molar-refractivity contribution is -0.153. The molecule has 6 heteroatoms. The van der Waals surface area contributed by atoms with Gasteiger partial charge >= 0.3 is 5.97 Å². The van der Waals surface area contributed by atoms with Gasteiger partial charge < -0.3 is 9.64 Å². The van der Waals surface area contributed by atoms with Crippen LogP contribution in [0.3, 0.4) is 0 Å². The van der Waals surface area contributed by atoms with Gasteiger partial charge in [0.2, 0.25) is 11.9 Å². The standard InChI is InChI=1S/C23H25N3O3/c1-3-29-22(28)19-20(17-10-8-15(2)9-11-17)24-23(25-21(19)27)26-13-12-16-6-4-5-7-18(16)14-26/h4-11,19-20H,3,12-14H2,1-2H3,(H,24,25,27)/t19-,20+/m1/s1. The molecule has 0 saturated heterocycles. The van der Waals surface area contributed by atoms with Crippen LogP contribution in [0.4, 0.5) is 0 Å². The molecule has 2 aliphatic heterocycles. The summed E-state index contributed by atoms with van der Waals surface area (Å²) in [7, 11) is 0. The molecular weight excluding hydrogens is 366 g/mol. The number of carbonyl (C=O) groups is 2. The van der Waals surface area contributed by atoms with Gasteiger partial charge in [-0.05, 0) is 37.0 Å². The van der Waals surface area contributed by atoms with Crippen molar-refractivity contribution in [2.75, 3.05) is 13.2 Å². The summed E-state index contributed by atoms with van der Waals surface area (Å²) in [6.07, 6.45) is 0.890. The summed E-state index contributed by atoms with van der Waals surface area (Å²) in [6, 6.07) is 15.5. The fourth-order valence-electron chi connectivity index (χ4n) is 3.91. The minimum Gasteiger partial charge on any atom is -0.465 e. The van der Waals surface area contributed by atoms with E-state index in [1.165, 1.54) is 11.1 Å². The number of carbonyl (C=O) groups excluding carboxylic acids is 2. The molecule has 0 aromatic heterocycles. The van der Waals surface area contributed by atoms with Crippen molar-refractivity contribution in [3.8, 4) is 0 Å². The smallest absolute Gasteiger partial charge is 0.321 e. The Kier molecular flexibility index (Phi) is 5.34. The fourth-order valence-corrected chi connectivity index (χ4v) is 3.91. The Morgan fingerprint density at radius 3 is 2.62 bits per heavy atom. The van der Waals surface area contributed by atoms with Gasteiger partial charge in [0, 0.05) is 13.1 Å². The van der Waals surface area contributed by atoms with Crippen LogP contribution in [0.25, 0.3) is 0 Å². The molecule has 29 heavy (non-hydrogen) atoms. The third kappa shape index (κ3) is 3.88. The molecule has 0 spiro atoms. The first-order valence-corrected chi connectivity index (χ1v) is 10.0. The number of guanidine groups is 1. The Bertz CT molecular complexity index is 952. The van der Waals surface area contributed by atoms with Crippen molar-refractivity contribution in [1.29, 1.82) is 0 Å². The van der Waals surface area contributed by atoms with Crippen LogP contribution in [0.1, 0.15) is 35.2 Å². The second-order valence-corrected chi connectivity index (χ2v) is 7.47. The Morgan fingerprint density at radius 2 is 1.90 bits per heavy atom. The summed E-state index contributed by atoms with van der Waals surface area (Å²) in [5, 5.41) is 2.85. The highest BCUT2D eigenvalue weighted by atomic mass is 16.5. The normalized spacial score (nSPS) is 21.1. The lowest BCUT2D eigenvalue weighted by Gasteiger charge is -2.36. The number of nitrogens with one attached hydrogen (secondary N) is 1. The Balaban J connectivity index is 1.68. The van der Waals surface area contributed by atoms with Crippen molar-refractivity contribution < 1.29 is 14.3 Å². The van der Waals surface area contributed by atoms with E-state index < -0.39 is 17.9 Å².